The van der Waals surface area contributed by atoms with E-state index in [1.165, 1.54) is 4.90 Å². The Morgan fingerprint density at radius 3 is 2.27 bits per heavy atom. The van der Waals surface area contributed by atoms with E-state index in [9.17, 15) is 14.4 Å². The number of alkyl carbamates (subject to hydrolysis) is 1. The number of unbranched alkanes of at least 4 members (excludes halogenated alkanes) is 2. The zero-order chi connectivity index (χ0) is 27.6. The summed E-state index contributed by atoms with van der Waals surface area (Å²) >= 11 is 6.39. The molecule has 0 aliphatic heterocycles. The summed E-state index contributed by atoms with van der Waals surface area (Å²) in [6.07, 6.45) is 2.75. The number of hydrogen-bond acceptors (Lipinski definition) is 4. The molecule has 0 fully saturated rings. The zero-order valence-corrected chi connectivity index (χ0v) is 23.6. The number of carbonyl (C=O) groups is 3. The van der Waals surface area contributed by atoms with Gasteiger partial charge < -0.3 is 20.3 Å². The van der Waals surface area contributed by atoms with Crippen LogP contribution in [0.15, 0.2) is 42.5 Å². The molecule has 0 saturated heterocycles. The minimum absolute atomic E-state index is 0.289. The van der Waals surface area contributed by atoms with Crippen molar-refractivity contribution in [1.29, 1.82) is 0 Å². The molecule has 202 valence electrons. The highest BCUT2D eigenvalue weighted by molar-refractivity contribution is 6.34. The smallest absolute Gasteiger partial charge is 0.408 e. The summed E-state index contributed by atoms with van der Waals surface area (Å²) < 4.78 is 5.28. The van der Waals surface area contributed by atoms with Crippen molar-refractivity contribution in [1.82, 2.24) is 10.2 Å². The van der Waals surface area contributed by atoms with Gasteiger partial charge in [0.2, 0.25) is 5.91 Å². The molecule has 3 amide bonds. The van der Waals surface area contributed by atoms with Crippen LogP contribution in [0.4, 0.5) is 10.5 Å². The summed E-state index contributed by atoms with van der Waals surface area (Å²) in [5.41, 5.74) is 2.44. The molecule has 2 aromatic carbocycles. The van der Waals surface area contributed by atoms with Crippen LogP contribution in [0.5, 0.6) is 0 Å². The molecule has 1 atom stereocenters. The molecule has 0 aliphatic carbocycles. The third-order valence-corrected chi connectivity index (χ3v) is 6.15. The van der Waals surface area contributed by atoms with Crippen LogP contribution in [0.1, 0.15) is 76.6 Å². The van der Waals surface area contributed by atoms with Gasteiger partial charge in [-0.2, -0.15) is 0 Å². The predicted molar refractivity (Wildman–Crippen MR) is 149 cm³/mol. The molecule has 0 saturated carbocycles. The van der Waals surface area contributed by atoms with Crippen molar-refractivity contribution in [2.24, 2.45) is 0 Å². The van der Waals surface area contributed by atoms with Crippen molar-refractivity contribution in [2.45, 2.75) is 78.9 Å². The van der Waals surface area contributed by atoms with E-state index in [1.54, 1.807) is 26.8 Å². The summed E-state index contributed by atoms with van der Waals surface area (Å²) in [7, 11) is 0. The number of rotatable bonds is 11. The van der Waals surface area contributed by atoms with Gasteiger partial charge in [0.05, 0.1) is 10.7 Å². The second-order valence-electron chi connectivity index (χ2n) is 10.1. The Labute approximate surface area is 225 Å². The molecule has 8 heteroatoms. The maximum Gasteiger partial charge on any atom is 0.408 e. The Morgan fingerprint density at radius 1 is 1.03 bits per heavy atom. The molecule has 0 aliphatic rings. The van der Waals surface area contributed by atoms with Crippen LogP contribution in [0.25, 0.3) is 0 Å². The van der Waals surface area contributed by atoms with Crippen LogP contribution in [-0.2, 0) is 20.7 Å². The Kier molecular flexibility index (Phi) is 11.4. The van der Waals surface area contributed by atoms with E-state index in [1.807, 2.05) is 43.3 Å². The highest BCUT2D eigenvalue weighted by atomic mass is 35.5. The van der Waals surface area contributed by atoms with E-state index in [0.29, 0.717) is 22.8 Å². The third kappa shape index (κ3) is 9.39. The molecule has 0 spiro atoms. The molecule has 0 bridgehead atoms. The lowest BCUT2D eigenvalue weighted by atomic mass is 10.0. The number of halogens is 1. The number of amides is 3. The molecule has 37 heavy (non-hydrogen) atoms. The number of nitrogens with one attached hydrogen (secondary N) is 2. The van der Waals surface area contributed by atoms with E-state index < -0.39 is 17.7 Å². The Hall–Kier alpha value is -3.06. The summed E-state index contributed by atoms with van der Waals surface area (Å²) in [5.74, 6) is -0.750. The van der Waals surface area contributed by atoms with Gasteiger partial charge in [-0.1, -0.05) is 74.7 Å². The molecule has 0 heterocycles. The Balaban J connectivity index is 2.42. The van der Waals surface area contributed by atoms with Crippen LogP contribution in [0, 0.1) is 6.92 Å². The van der Waals surface area contributed by atoms with Crippen LogP contribution in [-0.4, -0.2) is 41.5 Å². The van der Waals surface area contributed by atoms with E-state index in [-0.39, 0.29) is 18.4 Å². The Bertz CT molecular complexity index is 1040. The van der Waals surface area contributed by atoms with Crippen molar-refractivity contribution in [3.05, 3.63) is 64.2 Å². The number of ether oxygens (including phenoxy) is 1. The molecule has 2 N–H and O–H groups in total. The van der Waals surface area contributed by atoms with E-state index >= 15 is 0 Å². The average molecular weight is 530 g/mol. The number of para-hydroxylation sites is 1. The lowest BCUT2D eigenvalue weighted by Crippen LogP contribution is -2.47. The molecular weight excluding hydrogens is 490 g/mol. The first-order chi connectivity index (χ1) is 17.5. The van der Waals surface area contributed by atoms with Gasteiger partial charge in [0.1, 0.15) is 18.2 Å². The largest absolute Gasteiger partial charge is 0.444 e. The monoisotopic (exact) mass is 529 g/mol. The fraction of sp³-hybridized carbons (Fsp3) is 0.483. The first kappa shape index (κ1) is 30.2. The van der Waals surface area contributed by atoms with Gasteiger partial charge >= 0.3 is 6.09 Å². The van der Waals surface area contributed by atoms with E-state index in [4.69, 9.17) is 16.3 Å². The maximum atomic E-state index is 13.8. The molecule has 2 rings (SSSR count). The summed E-state index contributed by atoms with van der Waals surface area (Å²) in [6, 6.07) is 12.2. The van der Waals surface area contributed by atoms with Crippen molar-refractivity contribution in [2.75, 3.05) is 18.4 Å². The van der Waals surface area contributed by atoms with Gasteiger partial charge in [-0.05, 0) is 63.3 Å². The quantitative estimate of drug-likeness (QED) is 0.328. The third-order valence-electron chi connectivity index (χ3n) is 5.84. The van der Waals surface area contributed by atoms with Gasteiger partial charge in [0.15, 0.2) is 0 Å². The number of hydrogen-bond donors (Lipinski definition) is 2. The van der Waals surface area contributed by atoms with Gasteiger partial charge in [0, 0.05) is 6.54 Å². The molecule has 0 aromatic heterocycles. The predicted octanol–water partition coefficient (Wildman–Crippen LogP) is 6.43. The van der Waals surface area contributed by atoms with Crippen molar-refractivity contribution < 1.29 is 19.1 Å². The first-order valence-corrected chi connectivity index (χ1v) is 13.3. The second-order valence-corrected chi connectivity index (χ2v) is 10.5. The van der Waals surface area contributed by atoms with E-state index in [0.717, 1.165) is 36.8 Å². The number of carbonyl (C=O) groups excluding carboxylic acids is 3. The average Bonchev–Trinajstić information content (AvgIpc) is 2.83. The number of aryl methyl sites for hydroxylation is 2. The zero-order valence-electron chi connectivity index (χ0n) is 22.8. The SMILES string of the molecule is CCCCCN(C(=O)CNC(=O)OC(C)(C)C)C(C(=O)Nc1c(C)cccc1Cl)c1ccc(CC)cc1. The summed E-state index contributed by atoms with van der Waals surface area (Å²) in [4.78, 5) is 41.0. The first-order valence-electron chi connectivity index (χ1n) is 12.9. The fourth-order valence-corrected chi connectivity index (χ4v) is 4.15. The van der Waals surface area contributed by atoms with Crippen LogP contribution in [0.3, 0.4) is 0 Å². The van der Waals surface area contributed by atoms with Crippen molar-refractivity contribution >= 4 is 35.2 Å². The molecular formula is C29H40ClN3O4. The highest BCUT2D eigenvalue weighted by Crippen LogP contribution is 2.29. The minimum atomic E-state index is -0.911. The standard InChI is InChI=1S/C29H40ClN3O4/c1-7-9-10-18-33(24(34)19-31-28(36)37-29(4,5)6)26(22-16-14-21(8-2)15-17-22)27(35)32-25-20(3)12-11-13-23(25)30/h11-17,26H,7-10,18-19H2,1-6H3,(H,31,36)(H,32,35). The van der Waals surface area contributed by atoms with Gasteiger partial charge in [-0.3, -0.25) is 9.59 Å². The second kappa shape index (κ2) is 14.0. The van der Waals surface area contributed by atoms with Crippen molar-refractivity contribution in [3.8, 4) is 0 Å². The van der Waals surface area contributed by atoms with Crippen LogP contribution < -0.4 is 10.6 Å². The lowest BCUT2D eigenvalue weighted by molar-refractivity contribution is -0.138. The Morgan fingerprint density at radius 2 is 1.70 bits per heavy atom. The van der Waals surface area contributed by atoms with Crippen LogP contribution in [0.2, 0.25) is 5.02 Å². The lowest BCUT2D eigenvalue weighted by Gasteiger charge is -2.32. The van der Waals surface area contributed by atoms with Gasteiger partial charge in [-0.25, -0.2) is 4.79 Å². The summed E-state index contributed by atoms with van der Waals surface area (Å²) in [5, 5.41) is 5.91. The van der Waals surface area contributed by atoms with Gasteiger partial charge in [-0.15, -0.1) is 0 Å². The van der Waals surface area contributed by atoms with Crippen molar-refractivity contribution in [3.63, 3.8) is 0 Å². The fourth-order valence-electron chi connectivity index (χ4n) is 3.88. The highest BCUT2D eigenvalue weighted by Gasteiger charge is 2.32. The molecule has 1 unspecified atom stereocenters. The maximum absolute atomic E-state index is 13.8. The van der Waals surface area contributed by atoms with E-state index in [2.05, 4.69) is 24.5 Å². The number of anilines is 1. The number of benzene rings is 2. The molecule has 7 nitrogen and oxygen atoms in total. The normalized spacial score (nSPS) is 12.0. The molecule has 0 radical (unpaired) electrons. The minimum Gasteiger partial charge on any atom is -0.444 e. The topological polar surface area (TPSA) is 87.7 Å². The van der Waals surface area contributed by atoms with Gasteiger partial charge in [0.25, 0.3) is 5.91 Å². The summed E-state index contributed by atoms with van der Waals surface area (Å²) in [6.45, 7) is 11.3. The van der Waals surface area contributed by atoms with Crippen LogP contribution >= 0.6 is 11.6 Å². The number of nitrogens with zero attached hydrogens (tertiary/aromatic N) is 1. The molecule has 2 aromatic rings.